The highest BCUT2D eigenvalue weighted by Gasteiger charge is 2.23. The molecule has 3 aromatic rings. The summed E-state index contributed by atoms with van der Waals surface area (Å²) in [5, 5.41) is 7.57. The summed E-state index contributed by atoms with van der Waals surface area (Å²) in [5.74, 6) is -0.0625. The van der Waals surface area contributed by atoms with Crippen LogP contribution in [0.1, 0.15) is 15.9 Å². The van der Waals surface area contributed by atoms with E-state index in [1.165, 1.54) is 15.3 Å². The Balaban J connectivity index is 1.67. The van der Waals surface area contributed by atoms with Crippen LogP contribution in [0.5, 0.6) is 0 Å². The van der Waals surface area contributed by atoms with Crippen molar-refractivity contribution < 1.29 is 9.36 Å². The third-order valence-electron chi connectivity index (χ3n) is 3.96. The summed E-state index contributed by atoms with van der Waals surface area (Å²) >= 11 is 1.75. The van der Waals surface area contributed by atoms with Crippen LogP contribution in [0.25, 0.3) is 10.2 Å². The van der Waals surface area contributed by atoms with Crippen molar-refractivity contribution >= 4 is 38.3 Å². The molecule has 1 aliphatic heterocycles. The summed E-state index contributed by atoms with van der Waals surface area (Å²) in [7, 11) is 0. The summed E-state index contributed by atoms with van der Waals surface area (Å²) in [5.41, 5.74) is 3.71. The van der Waals surface area contributed by atoms with Gasteiger partial charge in [-0.3, -0.25) is 10.1 Å². The van der Waals surface area contributed by atoms with E-state index in [0.717, 1.165) is 24.3 Å². The average molecular weight is 310 g/mol. The lowest BCUT2D eigenvalue weighted by Gasteiger charge is -2.07. The number of hydrogen-bond acceptors (Lipinski definition) is 3. The number of nitrogens with one attached hydrogen (secondary N) is 2. The molecular formula is C17H16N3OS+. The molecule has 0 fully saturated rings. The van der Waals surface area contributed by atoms with E-state index in [4.69, 9.17) is 0 Å². The second-order valence-electron chi connectivity index (χ2n) is 5.44. The number of anilines is 2. The van der Waals surface area contributed by atoms with Gasteiger partial charge in [0.05, 0.1) is 4.70 Å². The van der Waals surface area contributed by atoms with Gasteiger partial charge in [0.2, 0.25) is 0 Å². The van der Waals surface area contributed by atoms with Crippen molar-refractivity contribution in [3.8, 4) is 0 Å². The first-order valence-corrected chi connectivity index (χ1v) is 8.11. The van der Waals surface area contributed by atoms with Gasteiger partial charge in [-0.05, 0) is 42.0 Å². The van der Waals surface area contributed by atoms with Crippen LogP contribution in [0.4, 0.5) is 10.8 Å². The van der Waals surface area contributed by atoms with Gasteiger partial charge < -0.3 is 5.32 Å². The molecule has 0 radical (unpaired) electrons. The first-order valence-electron chi connectivity index (χ1n) is 7.29. The van der Waals surface area contributed by atoms with Crippen LogP contribution < -0.4 is 15.2 Å². The van der Waals surface area contributed by atoms with Crippen molar-refractivity contribution in [1.29, 1.82) is 0 Å². The Morgan fingerprint density at radius 2 is 2.14 bits per heavy atom. The second kappa shape index (κ2) is 5.10. The molecule has 110 valence electrons. The molecule has 2 heterocycles. The van der Waals surface area contributed by atoms with E-state index in [9.17, 15) is 4.79 Å². The lowest BCUT2D eigenvalue weighted by molar-refractivity contribution is -0.640. The van der Waals surface area contributed by atoms with Gasteiger partial charge >= 0.3 is 5.13 Å². The Labute approximate surface area is 132 Å². The molecule has 1 aromatic heterocycles. The third-order valence-corrected chi connectivity index (χ3v) is 5.08. The van der Waals surface area contributed by atoms with Gasteiger partial charge in [-0.1, -0.05) is 18.2 Å². The highest BCUT2D eigenvalue weighted by Crippen LogP contribution is 2.28. The van der Waals surface area contributed by atoms with E-state index in [2.05, 4.69) is 27.3 Å². The summed E-state index contributed by atoms with van der Waals surface area (Å²) < 4.78 is 3.50. The molecule has 0 spiro atoms. The fraction of sp³-hybridized carbons (Fsp3) is 0.176. The summed E-state index contributed by atoms with van der Waals surface area (Å²) in [4.78, 5) is 12.4. The molecule has 0 saturated carbocycles. The molecule has 0 saturated heterocycles. The Kier molecular flexibility index (Phi) is 3.08. The number of nitrogens with zero attached hydrogens (tertiary/aromatic N) is 1. The molecule has 4 nitrogen and oxygen atoms in total. The minimum absolute atomic E-state index is 0.0625. The largest absolute Gasteiger partial charge is 0.335 e. The lowest BCUT2D eigenvalue weighted by atomic mass is 10.1. The molecule has 4 rings (SSSR count). The first kappa shape index (κ1) is 13.3. The smallest absolute Gasteiger partial charge is 0.322 e. The number of thiazole rings is 1. The molecule has 0 bridgehead atoms. The lowest BCUT2D eigenvalue weighted by Crippen LogP contribution is -2.28. The number of hydrogen-bond donors (Lipinski definition) is 2. The van der Waals surface area contributed by atoms with Gasteiger partial charge in [-0.25, -0.2) is 4.57 Å². The minimum atomic E-state index is -0.0625. The molecule has 1 amide bonds. The number of rotatable bonds is 2. The van der Waals surface area contributed by atoms with Gasteiger partial charge in [-0.15, -0.1) is 0 Å². The van der Waals surface area contributed by atoms with Gasteiger partial charge in [0.15, 0.2) is 0 Å². The van der Waals surface area contributed by atoms with Crippen LogP contribution in [-0.2, 0) is 6.54 Å². The summed E-state index contributed by atoms with van der Waals surface area (Å²) in [6, 6.07) is 13.7. The molecule has 2 N–H and O–H groups in total. The summed E-state index contributed by atoms with van der Waals surface area (Å²) in [6.45, 7) is 3.90. The standard InChI is InChI=1S/C17H15N3OS/c1-11-4-2-3-5-13(11)16(21)19-12-6-7-15-14(10-12)20-9-8-18-17(20)22-15/h2-7,10H,8-9H2,1H3,(H,19,21)/p+1. The number of carbonyl (C=O) groups is 1. The zero-order valence-corrected chi connectivity index (χ0v) is 13.0. The molecule has 2 aromatic carbocycles. The number of carbonyl (C=O) groups excluding carboxylic acids is 1. The topological polar surface area (TPSA) is 45.0 Å². The minimum Gasteiger partial charge on any atom is -0.322 e. The van der Waals surface area contributed by atoms with E-state index in [-0.39, 0.29) is 5.91 Å². The van der Waals surface area contributed by atoms with Crippen LogP contribution in [0.15, 0.2) is 42.5 Å². The molecule has 1 aliphatic rings. The molecule has 0 unspecified atom stereocenters. The predicted molar refractivity (Wildman–Crippen MR) is 89.6 cm³/mol. The maximum absolute atomic E-state index is 12.4. The molecule has 0 aliphatic carbocycles. The van der Waals surface area contributed by atoms with Gasteiger partial charge in [-0.2, -0.15) is 0 Å². The quantitative estimate of drug-likeness (QED) is 0.714. The molecule has 0 atom stereocenters. The van der Waals surface area contributed by atoms with E-state index < -0.39 is 0 Å². The average Bonchev–Trinajstić information content (AvgIpc) is 3.08. The number of aryl methyl sites for hydroxylation is 1. The van der Waals surface area contributed by atoms with Gasteiger partial charge in [0, 0.05) is 17.3 Å². The summed E-state index contributed by atoms with van der Waals surface area (Å²) in [6.07, 6.45) is 0. The van der Waals surface area contributed by atoms with Crippen LogP contribution in [-0.4, -0.2) is 12.5 Å². The van der Waals surface area contributed by atoms with Gasteiger partial charge in [0.1, 0.15) is 18.6 Å². The van der Waals surface area contributed by atoms with Crippen molar-refractivity contribution in [2.75, 3.05) is 17.2 Å². The number of aromatic nitrogens is 1. The van der Waals surface area contributed by atoms with Crippen molar-refractivity contribution in [2.45, 2.75) is 13.5 Å². The van der Waals surface area contributed by atoms with E-state index in [1.54, 1.807) is 11.3 Å². The number of amides is 1. The van der Waals surface area contributed by atoms with Crippen molar-refractivity contribution in [1.82, 2.24) is 0 Å². The fourth-order valence-corrected chi connectivity index (χ4v) is 3.91. The zero-order valence-electron chi connectivity index (χ0n) is 12.2. The van der Waals surface area contributed by atoms with Crippen molar-refractivity contribution in [3.63, 3.8) is 0 Å². The SMILES string of the molecule is Cc1ccccc1C(=O)Nc1ccc2sc3[n+](c2c1)CCN3. The Morgan fingerprint density at radius 1 is 1.27 bits per heavy atom. The fourth-order valence-electron chi connectivity index (χ4n) is 2.82. The predicted octanol–water partition coefficient (Wildman–Crippen LogP) is 3.18. The van der Waals surface area contributed by atoms with E-state index >= 15 is 0 Å². The number of fused-ring (bicyclic) bond motifs is 3. The molecular weight excluding hydrogens is 294 g/mol. The Bertz CT molecular complexity index is 885. The molecule has 5 heteroatoms. The number of benzene rings is 2. The maximum atomic E-state index is 12.4. The van der Waals surface area contributed by atoms with Crippen LogP contribution >= 0.6 is 11.3 Å². The highest BCUT2D eigenvalue weighted by molar-refractivity contribution is 7.21. The van der Waals surface area contributed by atoms with Crippen molar-refractivity contribution in [3.05, 3.63) is 53.6 Å². The van der Waals surface area contributed by atoms with Crippen molar-refractivity contribution in [2.24, 2.45) is 0 Å². The van der Waals surface area contributed by atoms with Crippen LogP contribution in [0, 0.1) is 6.92 Å². The maximum Gasteiger partial charge on any atom is 0.335 e. The zero-order chi connectivity index (χ0) is 15.1. The van der Waals surface area contributed by atoms with Gasteiger partial charge in [0.25, 0.3) is 5.91 Å². The monoisotopic (exact) mass is 310 g/mol. The normalized spacial score (nSPS) is 13.0. The molecule has 22 heavy (non-hydrogen) atoms. The van der Waals surface area contributed by atoms with Crippen LogP contribution in [0.3, 0.4) is 0 Å². The Hall–Kier alpha value is -2.40. The highest BCUT2D eigenvalue weighted by atomic mass is 32.1. The first-order chi connectivity index (χ1) is 10.7. The van der Waals surface area contributed by atoms with Crippen LogP contribution in [0.2, 0.25) is 0 Å². The van der Waals surface area contributed by atoms with E-state index in [0.29, 0.717) is 5.56 Å². The third kappa shape index (κ3) is 2.14. The van der Waals surface area contributed by atoms with E-state index in [1.807, 2.05) is 37.3 Å². The Morgan fingerprint density at radius 3 is 3.00 bits per heavy atom. The second-order valence-corrected chi connectivity index (χ2v) is 6.47.